The molecule has 2 fully saturated rings. The molecule has 1 aliphatic heterocycles. The molecule has 2 aromatic rings. The molecule has 1 saturated heterocycles. The number of rotatable bonds is 7. The van der Waals surface area contributed by atoms with Crippen molar-refractivity contribution in [1.82, 2.24) is 9.71 Å². The van der Waals surface area contributed by atoms with Crippen molar-refractivity contribution in [3.63, 3.8) is 0 Å². The van der Waals surface area contributed by atoms with Crippen LogP contribution in [0, 0.1) is 11.7 Å². The minimum Gasteiger partial charge on any atom is -0.493 e. The fourth-order valence-electron chi connectivity index (χ4n) is 3.27. The minimum atomic E-state index is -3.24. The summed E-state index contributed by atoms with van der Waals surface area (Å²) in [6.07, 6.45) is 3.32. The van der Waals surface area contributed by atoms with Crippen molar-refractivity contribution in [2.45, 2.75) is 30.6 Å². The maximum atomic E-state index is 13.0. The number of hydrogen-bond donors (Lipinski definition) is 1. The van der Waals surface area contributed by atoms with Gasteiger partial charge < -0.3 is 9.47 Å². The zero-order chi connectivity index (χ0) is 19.6. The summed E-state index contributed by atoms with van der Waals surface area (Å²) in [6, 6.07) is 10.2. The lowest BCUT2D eigenvalue weighted by atomic mass is 9.98. The number of halogens is 1. The summed E-state index contributed by atoms with van der Waals surface area (Å²) in [6.45, 7) is 1.38. The van der Waals surface area contributed by atoms with Crippen molar-refractivity contribution in [3.05, 3.63) is 48.4 Å². The SMILES string of the molecule is O=S(=O)(N[C@H]1CCOC[C@@H]1COc1ccc(-c2ccc(F)cn2)cc1)C1CC1. The normalized spacial score (nSPS) is 22.8. The zero-order valence-corrected chi connectivity index (χ0v) is 16.2. The highest BCUT2D eigenvalue weighted by Crippen LogP contribution is 2.29. The largest absolute Gasteiger partial charge is 0.493 e. The number of benzene rings is 1. The lowest BCUT2D eigenvalue weighted by molar-refractivity contribution is 0.0186. The summed E-state index contributed by atoms with van der Waals surface area (Å²) in [4.78, 5) is 4.06. The van der Waals surface area contributed by atoms with Gasteiger partial charge in [0.15, 0.2) is 0 Å². The van der Waals surface area contributed by atoms with E-state index in [4.69, 9.17) is 9.47 Å². The van der Waals surface area contributed by atoms with Gasteiger partial charge >= 0.3 is 0 Å². The van der Waals surface area contributed by atoms with Crippen LogP contribution in [-0.2, 0) is 14.8 Å². The van der Waals surface area contributed by atoms with Crippen LogP contribution >= 0.6 is 0 Å². The van der Waals surface area contributed by atoms with E-state index in [-0.39, 0.29) is 23.0 Å². The smallest absolute Gasteiger partial charge is 0.214 e. The van der Waals surface area contributed by atoms with Crippen LogP contribution in [0.1, 0.15) is 19.3 Å². The van der Waals surface area contributed by atoms with E-state index in [1.807, 2.05) is 24.3 Å². The number of pyridine rings is 1. The van der Waals surface area contributed by atoms with Crippen molar-refractivity contribution < 1.29 is 22.3 Å². The molecule has 0 radical (unpaired) electrons. The van der Waals surface area contributed by atoms with Gasteiger partial charge in [0.1, 0.15) is 11.6 Å². The molecule has 1 aromatic carbocycles. The third-order valence-corrected chi connectivity index (χ3v) is 7.07. The van der Waals surface area contributed by atoms with Gasteiger partial charge in [0, 0.05) is 24.1 Å². The molecule has 8 heteroatoms. The summed E-state index contributed by atoms with van der Waals surface area (Å²) in [5.41, 5.74) is 1.55. The Morgan fingerprint density at radius 2 is 1.93 bits per heavy atom. The first kappa shape index (κ1) is 19.3. The fourth-order valence-corrected chi connectivity index (χ4v) is 4.96. The number of nitrogens with zero attached hydrogens (tertiary/aromatic N) is 1. The molecule has 1 aromatic heterocycles. The Hall–Kier alpha value is -2.03. The van der Waals surface area contributed by atoms with E-state index >= 15 is 0 Å². The van der Waals surface area contributed by atoms with Crippen molar-refractivity contribution in [1.29, 1.82) is 0 Å². The zero-order valence-electron chi connectivity index (χ0n) is 15.4. The van der Waals surface area contributed by atoms with E-state index in [1.54, 1.807) is 6.07 Å². The van der Waals surface area contributed by atoms with E-state index < -0.39 is 10.0 Å². The Morgan fingerprint density at radius 3 is 2.61 bits per heavy atom. The van der Waals surface area contributed by atoms with Gasteiger partial charge in [0.05, 0.1) is 30.4 Å². The van der Waals surface area contributed by atoms with Crippen LogP contribution in [0.15, 0.2) is 42.6 Å². The third-order valence-electron chi connectivity index (χ3n) is 5.09. The van der Waals surface area contributed by atoms with Gasteiger partial charge in [-0.3, -0.25) is 4.98 Å². The van der Waals surface area contributed by atoms with E-state index in [9.17, 15) is 12.8 Å². The van der Waals surface area contributed by atoms with Gasteiger partial charge in [-0.1, -0.05) is 0 Å². The molecule has 0 amide bonds. The number of ether oxygens (including phenoxy) is 2. The highest BCUT2D eigenvalue weighted by molar-refractivity contribution is 7.90. The summed E-state index contributed by atoms with van der Waals surface area (Å²) in [5, 5.41) is -0.232. The molecular formula is C20H23FN2O4S. The third kappa shape index (κ3) is 4.68. The molecule has 0 unspecified atom stereocenters. The van der Waals surface area contributed by atoms with E-state index in [0.29, 0.717) is 37.7 Å². The maximum absolute atomic E-state index is 13.0. The topological polar surface area (TPSA) is 77.5 Å². The summed E-state index contributed by atoms with van der Waals surface area (Å²) in [7, 11) is -3.24. The molecule has 1 aliphatic carbocycles. The first-order chi connectivity index (χ1) is 13.5. The van der Waals surface area contributed by atoms with Crippen LogP contribution in [0.3, 0.4) is 0 Å². The minimum absolute atomic E-state index is 0.0410. The van der Waals surface area contributed by atoms with Gasteiger partial charge in [-0.15, -0.1) is 0 Å². The predicted octanol–water partition coefficient (Wildman–Crippen LogP) is 2.75. The molecule has 28 heavy (non-hydrogen) atoms. The van der Waals surface area contributed by atoms with Crippen LogP contribution in [-0.4, -0.2) is 44.5 Å². The summed E-state index contributed by atoms with van der Waals surface area (Å²) in [5.74, 6) is 0.270. The summed E-state index contributed by atoms with van der Waals surface area (Å²) >= 11 is 0. The number of sulfonamides is 1. The molecule has 2 aliphatic rings. The van der Waals surface area contributed by atoms with Crippen LogP contribution in [0.25, 0.3) is 11.3 Å². The van der Waals surface area contributed by atoms with E-state index in [1.165, 1.54) is 12.3 Å². The second-order valence-corrected chi connectivity index (χ2v) is 9.28. The average molecular weight is 406 g/mol. The highest BCUT2D eigenvalue weighted by atomic mass is 32.2. The first-order valence-electron chi connectivity index (χ1n) is 9.45. The second kappa shape index (κ2) is 8.14. The lowest BCUT2D eigenvalue weighted by Gasteiger charge is -2.31. The number of aromatic nitrogens is 1. The highest BCUT2D eigenvalue weighted by Gasteiger charge is 2.39. The molecule has 1 N–H and O–H groups in total. The molecule has 1 saturated carbocycles. The average Bonchev–Trinajstić information content (AvgIpc) is 3.54. The van der Waals surface area contributed by atoms with Crippen molar-refractivity contribution in [3.8, 4) is 17.0 Å². The summed E-state index contributed by atoms with van der Waals surface area (Å²) < 4.78 is 51.8. The molecule has 6 nitrogen and oxygen atoms in total. The Labute approximate surface area is 164 Å². The van der Waals surface area contributed by atoms with Crippen LogP contribution < -0.4 is 9.46 Å². The fraction of sp³-hybridized carbons (Fsp3) is 0.450. The van der Waals surface area contributed by atoms with Gasteiger partial charge in [-0.25, -0.2) is 17.5 Å². The predicted molar refractivity (Wildman–Crippen MR) is 103 cm³/mol. The van der Waals surface area contributed by atoms with Crippen LogP contribution in [0.5, 0.6) is 5.75 Å². The van der Waals surface area contributed by atoms with Crippen molar-refractivity contribution in [2.75, 3.05) is 19.8 Å². The molecule has 150 valence electrons. The Kier molecular flexibility index (Phi) is 5.61. The Bertz CT molecular complexity index is 899. The monoisotopic (exact) mass is 406 g/mol. The van der Waals surface area contributed by atoms with E-state index in [0.717, 1.165) is 18.4 Å². The van der Waals surface area contributed by atoms with Gasteiger partial charge in [-0.05, 0) is 55.7 Å². The second-order valence-electron chi connectivity index (χ2n) is 7.29. The maximum Gasteiger partial charge on any atom is 0.214 e. The quantitative estimate of drug-likeness (QED) is 0.765. The molecular weight excluding hydrogens is 383 g/mol. The van der Waals surface area contributed by atoms with Gasteiger partial charge in [0.25, 0.3) is 0 Å². The van der Waals surface area contributed by atoms with Crippen molar-refractivity contribution >= 4 is 10.0 Å². The van der Waals surface area contributed by atoms with Crippen LogP contribution in [0.4, 0.5) is 4.39 Å². The Balaban J connectivity index is 1.36. The lowest BCUT2D eigenvalue weighted by Crippen LogP contribution is -2.48. The van der Waals surface area contributed by atoms with E-state index in [2.05, 4.69) is 9.71 Å². The number of nitrogens with one attached hydrogen (secondary N) is 1. The van der Waals surface area contributed by atoms with Gasteiger partial charge in [0.2, 0.25) is 10.0 Å². The standard InChI is InChI=1S/C20H23FN2O4S/c21-16-3-8-19(22-11-16)14-1-4-17(5-2-14)27-13-15-12-26-10-9-20(15)23-28(24,25)18-6-7-18/h1-5,8,11,15,18,20,23H,6-7,9-10,12-13H2/t15-,20+/m1/s1. The Morgan fingerprint density at radius 1 is 1.14 bits per heavy atom. The molecule has 2 atom stereocenters. The van der Waals surface area contributed by atoms with Crippen molar-refractivity contribution in [2.24, 2.45) is 5.92 Å². The molecule has 0 bridgehead atoms. The molecule has 0 spiro atoms. The number of hydrogen-bond acceptors (Lipinski definition) is 5. The molecule has 4 rings (SSSR count). The van der Waals surface area contributed by atoms with Gasteiger partial charge in [-0.2, -0.15) is 0 Å². The van der Waals surface area contributed by atoms with Crippen LogP contribution in [0.2, 0.25) is 0 Å². The molecule has 2 heterocycles. The first-order valence-corrected chi connectivity index (χ1v) is 11.0.